The molecule has 1 amide bonds. The molecule has 3 rings (SSSR count). The van der Waals surface area contributed by atoms with E-state index in [1.807, 2.05) is 36.4 Å². The maximum atomic E-state index is 12.1. The van der Waals surface area contributed by atoms with Gasteiger partial charge in [0.25, 0.3) is 0 Å². The number of rotatable bonds is 7. The lowest BCUT2D eigenvalue weighted by atomic mass is 10.1. The molecular weight excluding hydrogens is 326 g/mol. The molecule has 0 unspecified atom stereocenters. The highest BCUT2D eigenvalue weighted by Gasteiger charge is 2.10. The highest BCUT2D eigenvalue weighted by atomic mass is 16.5. The standard InChI is InChI=1S/C21H25N3O2/c1-4-24-19-8-6-5-7-18(19)23-20(24)14-22-21(25)11-12-26-17-10-9-15(2)16(3)13-17/h5-10,13H,4,11-12,14H2,1-3H3,(H,22,25). The van der Waals surface area contributed by atoms with E-state index in [9.17, 15) is 4.79 Å². The third-order valence-corrected chi connectivity index (χ3v) is 4.57. The van der Waals surface area contributed by atoms with Gasteiger partial charge in [-0.05, 0) is 56.2 Å². The van der Waals surface area contributed by atoms with E-state index in [1.54, 1.807) is 0 Å². The lowest BCUT2D eigenvalue weighted by Gasteiger charge is -2.10. The average molecular weight is 351 g/mol. The summed E-state index contributed by atoms with van der Waals surface area (Å²) in [5.74, 6) is 1.63. The predicted molar refractivity (Wildman–Crippen MR) is 103 cm³/mol. The van der Waals surface area contributed by atoms with Crippen molar-refractivity contribution in [1.29, 1.82) is 0 Å². The van der Waals surface area contributed by atoms with Crippen molar-refractivity contribution < 1.29 is 9.53 Å². The van der Waals surface area contributed by atoms with E-state index in [4.69, 9.17) is 4.74 Å². The van der Waals surface area contributed by atoms with Gasteiger partial charge in [0.2, 0.25) is 5.91 Å². The van der Waals surface area contributed by atoms with E-state index in [-0.39, 0.29) is 5.91 Å². The van der Waals surface area contributed by atoms with Crippen molar-refractivity contribution in [1.82, 2.24) is 14.9 Å². The average Bonchev–Trinajstić information content (AvgIpc) is 3.00. The molecule has 136 valence electrons. The van der Waals surface area contributed by atoms with Crippen LogP contribution in [0.2, 0.25) is 0 Å². The fourth-order valence-corrected chi connectivity index (χ4v) is 2.94. The molecule has 0 saturated heterocycles. The summed E-state index contributed by atoms with van der Waals surface area (Å²) in [6.45, 7) is 7.80. The lowest BCUT2D eigenvalue weighted by Crippen LogP contribution is -2.26. The zero-order valence-corrected chi connectivity index (χ0v) is 15.6. The van der Waals surface area contributed by atoms with Crippen molar-refractivity contribution in [3.63, 3.8) is 0 Å². The number of ether oxygens (including phenoxy) is 1. The first-order chi connectivity index (χ1) is 12.6. The van der Waals surface area contributed by atoms with Gasteiger partial charge in [0.05, 0.1) is 30.6 Å². The van der Waals surface area contributed by atoms with Gasteiger partial charge in [0, 0.05) is 6.54 Å². The number of hydrogen-bond acceptors (Lipinski definition) is 3. The molecule has 0 saturated carbocycles. The van der Waals surface area contributed by atoms with Crippen LogP contribution in [-0.2, 0) is 17.9 Å². The first-order valence-corrected chi connectivity index (χ1v) is 8.99. The third kappa shape index (κ3) is 4.04. The zero-order valence-electron chi connectivity index (χ0n) is 15.6. The Morgan fingerprint density at radius 3 is 2.73 bits per heavy atom. The zero-order chi connectivity index (χ0) is 18.5. The summed E-state index contributed by atoms with van der Waals surface area (Å²) in [5, 5.41) is 2.94. The minimum atomic E-state index is -0.0384. The minimum Gasteiger partial charge on any atom is -0.493 e. The third-order valence-electron chi connectivity index (χ3n) is 4.57. The Morgan fingerprint density at radius 2 is 1.96 bits per heavy atom. The summed E-state index contributed by atoms with van der Waals surface area (Å²) in [6.07, 6.45) is 0.319. The van der Waals surface area contributed by atoms with Crippen molar-refractivity contribution in [2.75, 3.05) is 6.61 Å². The van der Waals surface area contributed by atoms with Crippen LogP contribution in [0.15, 0.2) is 42.5 Å². The van der Waals surface area contributed by atoms with Crippen molar-refractivity contribution in [3.05, 3.63) is 59.4 Å². The van der Waals surface area contributed by atoms with Gasteiger partial charge in [-0.1, -0.05) is 18.2 Å². The van der Waals surface area contributed by atoms with Crippen LogP contribution >= 0.6 is 0 Å². The van der Waals surface area contributed by atoms with Crippen LogP contribution in [0.1, 0.15) is 30.3 Å². The predicted octanol–water partition coefficient (Wildman–Crippen LogP) is 3.76. The molecule has 1 aromatic heterocycles. The molecule has 3 aromatic rings. The van der Waals surface area contributed by atoms with Gasteiger partial charge < -0.3 is 14.6 Å². The maximum absolute atomic E-state index is 12.1. The largest absolute Gasteiger partial charge is 0.493 e. The van der Waals surface area contributed by atoms with Crippen LogP contribution < -0.4 is 10.1 Å². The summed E-state index contributed by atoms with van der Waals surface area (Å²) < 4.78 is 7.80. The highest BCUT2D eigenvalue weighted by Crippen LogP contribution is 2.17. The Hall–Kier alpha value is -2.82. The molecule has 0 aliphatic carbocycles. The topological polar surface area (TPSA) is 56.2 Å². The van der Waals surface area contributed by atoms with Gasteiger partial charge in [0.15, 0.2) is 0 Å². The summed E-state index contributed by atoms with van der Waals surface area (Å²) in [4.78, 5) is 16.7. The van der Waals surface area contributed by atoms with Gasteiger partial charge in [-0.2, -0.15) is 0 Å². The number of para-hydroxylation sites is 2. The second-order valence-corrected chi connectivity index (χ2v) is 6.38. The summed E-state index contributed by atoms with van der Waals surface area (Å²) >= 11 is 0. The Balaban J connectivity index is 1.52. The molecule has 5 heteroatoms. The SMILES string of the molecule is CCn1c(CNC(=O)CCOc2ccc(C)c(C)c2)nc2ccccc21. The van der Waals surface area contributed by atoms with Crippen molar-refractivity contribution in [2.24, 2.45) is 0 Å². The van der Waals surface area contributed by atoms with Crippen LogP contribution in [-0.4, -0.2) is 22.1 Å². The number of amides is 1. The van der Waals surface area contributed by atoms with E-state index < -0.39 is 0 Å². The van der Waals surface area contributed by atoms with Gasteiger partial charge in [-0.3, -0.25) is 4.79 Å². The fraction of sp³-hybridized carbons (Fsp3) is 0.333. The maximum Gasteiger partial charge on any atom is 0.223 e. The highest BCUT2D eigenvalue weighted by molar-refractivity contribution is 5.77. The first kappa shape index (κ1) is 18.0. The van der Waals surface area contributed by atoms with Crippen LogP contribution in [0, 0.1) is 13.8 Å². The quantitative estimate of drug-likeness (QED) is 0.705. The van der Waals surface area contributed by atoms with E-state index in [0.29, 0.717) is 19.6 Å². The Bertz CT molecular complexity index is 915. The number of benzene rings is 2. The Morgan fingerprint density at radius 1 is 1.15 bits per heavy atom. The fourth-order valence-electron chi connectivity index (χ4n) is 2.94. The summed E-state index contributed by atoms with van der Waals surface area (Å²) in [5.41, 5.74) is 4.47. The van der Waals surface area contributed by atoms with Gasteiger partial charge in [-0.25, -0.2) is 4.98 Å². The molecule has 0 bridgehead atoms. The van der Waals surface area contributed by atoms with Crippen LogP contribution in [0.25, 0.3) is 11.0 Å². The van der Waals surface area contributed by atoms with Crippen molar-refractivity contribution in [3.8, 4) is 5.75 Å². The number of nitrogens with one attached hydrogen (secondary N) is 1. The number of carbonyl (C=O) groups excluding carboxylic acids is 1. The number of fused-ring (bicyclic) bond motifs is 1. The number of hydrogen-bond donors (Lipinski definition) is 1. The normalized spacial score (nSPS) is 10.9. The number of carbonyl (C=O) groups is 1. The molecule has 1 heterocycles. The monoisotopic (exact) mass is 351 g/mol. The van der Waals surface area contributed by atoms with Gasteiger partial charge >= 0.3 is 0 Å². The van der Waals surface area contributed by atoms with E-state index in [2.05, 4.69) is 41.7 Å². The Labute approximate surface area is 154 Å². The number of nitrogens with zero attached hydrogens (tertiary/aromatic N) is 2. The Kier molecular flexibility index (Phi) is 5.56. The molecule has 0 aliphatic heterocycles. The lowest BCUT2D eigenvalue weighted by molar-refractivity contribution is -0.121. The molecule has 0 radical (unpaired) electrons. The molecule has 1 N–H and O–H groups in total. The molecular formula is C21H25N3O2. The van der Waals surface area contributed by atoms with Crippen molar-refractivity contribution >= 4 is 16.9 Å². The second-order valence-electron chi connectivity index (χ2n) is 6.38. The molecule has 2 aromatic carbocycles. The summed E-state index contributed by atoms with van der Waals surface area (Å²) in [6, 6.07) is 14.0. The van der Waals surface area contributed by atoms with Crippen LogP contribution in [0.4, 0.5) is 0 Å². The second kappa shape index (κ2) is 8.04. The van der Waals surface area contributed by atoms with E-state index in [1.165, 1.54) is 11.1 Å². The number of aromatic nitrogens is 2. The molecule has 0 atom stereocenters. The van der Waals surface area contributed by atoms with Crippen LogP contribution in [0.3, 0.4) is 0 Å². The van der Waals surface area contributed by atoms with Crippen LogP contribution in [0.5, 0.6) is 5.75 Å². The molecule has 0 fully saturated rings. The van der Waals surface area contributed by atoms with Gasteiger partial charge in [0.1, 0.15) is 11.6 Å². The van der Waals surface area contributed by atoms with Crippen molar-refractivity contribution in [2.45, 2.75) is 40.3 Å². The number of aryl methyl sites for hydroxylation is 3. The molecule has 5 nitrogen and oxygen atoms in total. The van der Waals surface area contributed by atoms with E-state index in [0.717, 1.165) is 29.2 Å². The van der Waals surface area contributed by atoms with E-state index >= 15 is 0 Å². The first-order valence-electron chi connectivity index (χ1n) is 8.99. The molecule has 26 heavy (non-hydrogen) atoms. The smallest absolute Gasteiger partial charge is 0.223 e. The molecule has 0 aliphatic rings. The van der Waals surface area contributed by atoms with Gasteiger partial charge in [-0.15, -0.1) is 0 Å². The summed E-state index contributed by atoms with van der Waals surface area (Å²) in [7, 11) is 0. The molecule has 0 spiro atoms. The number of imidazole rings is 1. The minimum absolute atomic E-state index is 0.0384.